The third kappa shape index (κ3) is 4.17. The molecule has 162 valence electrons. The third-order valence-corrected chi connectivity index (χ3v) is 7.39. The summed E-state index contributed by atoms with van der Waals surface area (Å²) in [6, 6.07) is 2.67. The maximum absolute atomic E-state index is 13.0. The van der Waals surface area contributed by atoms with Crippen molar-refractivity contribution in [1.29, 1.82) is 0 Å². The fraction of sp³-hybridized carbons (Fsp3) is 0.696. The zero-order valence-corrected chi connectivity index (χ0v) is 17.9. The molecule has 2 aliphatic heterocycles. The standard InChI is InChI=1S/C23H34N6O/c30-23(29-11-5-7-18-6-1-4-10-20(18)29)26-21-16-22(25-17-24-21)28-14-12-27(13-15-28)19-8-2-3-9-19/h10,16-19H,1-9,11-15H2,(H,24,25,26,30). The van der Waals surface area contributed by atoms with Gasteiger partial charge in [0.05, 0.1) is 0 Å². The summed E-state index contributed by atoms with van der Waals surface area (Å²) in [4.78, 5) is 28.7. The fourth-order valence-electron chi connectivity index (χ4n) is 5.75. The highest BCUT2D eigenvalue weighted by Crippen LogP contribution is 2.35. The van der Waals surface area contributed by atoms with E-state index in [-0.39, 0.29) is 6.03 Å². The normalized spacial score (nSPS) is 25.7. The molecule has 1 atom stereocenters. The first kappa shape index (κ1) is 19.8. The molecule has 3 heterocycles. The predicted molar refractivity (Wildman–Crippen MR) is 118 cm³/mol. The molecule has 2 aliphatic carbocycles. The van der Waals surface area contributed by atoms with E-state index in [1.807, 2.05) is 11.0 Å². The third-order valence-electron chi connectivity index (χ3n) is 7.39. The lowest BCUT2D eigenvalue weighted by Gasteiger charge is -2.38. The highest BCUT2D eigenvalue weighted by molar-refractivity contribution is 5.90. The van der Waals surface area contributed by atoms with Gasteiger partial charge in [0.1, 0.15) is 18.0 Å². The van der Waals surface area contributed by atoms with Gasteiger partial charge >= 0.3 is 6.03 Å². The molecule has 2 saturated heterocycles. The molecule has 0 radical (unpaired) electrons. The number of likely N-dealkylation sites (tertiary alicyclic amines) is 1. The highest BCUT2D eigenvalue weighted by Gasteiger charge is 2.31. The van der Waals surface area contributed by atoms with Crippen LogP contribution in [0.25, 0.3) is 0 Å². The summed E-state index contributed by atoms with van der Waals surface area (Å²) in [5.74, 6) is 2.07. The Morgan fingerprint density at radius 3 is 2.57 bits per heavy atom. The molecular weight excluding hydrogens is 376 g/mol. The first-order valence-electron chi connectivity index (χ1n) is 11.9. The number of hydrogen-bond acceptors (Lipinski definition) is 5. The summed E-state index contributed by atoms with van der Waals surface area (Å²) in [6.07, 6.45) is 15.1. The Labute approximate surface area is 179 Å². The number of allylic oxidation sites excluding steroid dienone is 2. The largest absolute Gasteiger partial charge is 0.354 e. The molecule has 0 bridgehead atoms. The molecule has 2 amide bonds. The maximum atomic E-state index is 13.0. The summed E-state index contributed by atoms with van der Waals surface area (Å²) in [7, 11) is 0. The minimum Gasteiger partial charge on any atom is -0.354 e. The lowest BCUT2D eigenvalue weighted by molar-refractivity contribution is 0.187. The number of hydrogen-bond donors (Lipinski definition) is 1. The SMILES string of the molecule is O=C(Nc1cc(N2CCN(C3CCCC3)CC2)ncn1)N1CCCC2CCCC=C21. The number of nitrogens with zero attached hydrogens (tertiary/aromatic N) is 5. The predicted octanol–water partition coefficient (Wildman–Crippen LogP) is 3.85. The van der Waals surface area contributed by atoms with Crippen molar-refractivity contribution in [3.63, 3.8) is 0 Å². The maximum Gasteiger partial charge on any atom is 0.327 e. The molecule has 1 aromatic heterocycles. The summed E-state index contributed by atoms with van der Waals surface area (Å²) in [5.41, 5.74) is 1.22. The molecule has 1 N–H and O–H groups in total. The smallest absolute Gasteiger partial charge is 0.327 e. The molecule has 7 heteroatoms. The summed E-state index contributed by atoms with van der Waals surface area (Å²) in [6.45, 7) is 4.97. The molecule has 0 spiro atoms. The lowest BCUT2D eigenvalue weighted by Crippen LogP contribution is -2.50. The van der Waals surface area contributed by atoms with Crippen molar-refractivity contribution in [3.8, 4) is 0 Å². The van der Waals surface area contributed by atoms with E-state index in [1.54, 1.807) is 6.33 Å². The molecule has 1 unspecified atom stereocenters. The average Bonchev–Trinajstić information content (AvgIpc) is 3.34. The Bertz CT molecular complexity index is 782. The van der Waals surface area contributed by atoms with Crippen molar-refractivity contribution in [2.24, 2.45) is 5.92 Å². The second-order valence-corrected chi connectivity index (χ2v) is 9.20. The van der Waals surface area contributed by atoms with Gasteiger partial charge in [-0.05, 0) is 50.9 Å². The van der Waals surface area contributed by atoms with Crippen LogP contribution < -0.4 is 10.2 Å². The minimum atomic E-state index is -0.0523. The number of amides is 2. The van der Waals surface area contributed by atoms with Gasteiger partial charge in [-0.3, -0.25) is 15.1 Å². The Kier molecular flexibility index (Phi) is 5.88. The minimum absolute atomic E-state index is 0.0523. The zero-order chi connectivity index (χ0) is 20.3. The number of nitrogens with one attached hydrogen (secondary N) is 1. The van der Waals surface area contributed by atoms with Gasteiger partial charge in [-0.15, -0.1) is 0 Å². The number of piperazine rings is 1. The summed E-state index contributed by atoms with van der Waals surface area (Å²) < 4.78 is 0. The van der Waals surface area contributed by atoms with E-state index in [0.29, 0.717) is 11.7 Å². The number of carbonyl (C=O) groups is 1. The van der Waals surface area contributed by atoms with Crippen molar-refractivity contribution in [1.82, 2.24) is 19.8 Å². The van der Waals surface area contributed by atoms with Gasteiger partial charge in [0.15, 0.2) is 0 Å². The van der Waals surface area contributed by atoms with Gasteiger partial charge < -0.3 is 4.90 Å². The Hall–Kier alpha value is -2.15. The van der Waals surface area contributed by atoms with E-state index < -0.39 is 0 Å². The van der Waals surface area contributed by atoms with Crippen LogP contribution in [-0.4, -0.2) is 64.6 Å². The molecule has 1 saturated carbocycles. The molecule has 7 nitrogen and oxygen atoms in total. The van der Waals surface area contributed by atoms with Gasteiger partial charge in [-0.1, -0.05) is 18.9 Å². The molecular formula is C23H34N6O. The number of carbonyl (C=O) groups excluding carboxylic acids is 1. The molecule has 5 rings (SSSR count). The van der Waals surface area contributed by atoms with Gasteiger partial charge in [-0.25, -0.2) is 14.8 Å². The van der Waals surface area contributed by atoms with Crippen molar-refractivity contribution in [2.75, 3.05) is 42.9 Å². The zero-order valence-electron chi connectivity index (χ0n) is 17.9. The average molecular weight is 411 g/mol. The quantitative estimate of drug-likeness (QED) is 0.820. The first-order chi connectivity index (χ1) is 14.8. The van der Waals surface area contributed by atoms with E-state index in [9.17, 15) is 4.79 Å². The molecule has 1 aromatic rings. The number of urea groups is 1. The second kappa shape index (κ2) is 8.92. The van der Waals surface area contributed by atoms with Crippen LogP contribution in [-0.2, 0) is 0 Å². The number of rotatable bonds is 3. The van der Waals surface area contributed by atoms with Crippen molar-refractivity contribution < 1.29 is 4.79 Å². The highest BCUT2D eigenvalue weighted by atomic mass is 16.2. The topological polar surface area (TPSA) is 64.6 Å². The number of aromatic nitrogens is 2. The van der Waals surface area contributed by atoms with Crippen LogP contribution in [0.1, 0.15) is 57.8 Å². The second-order valence-electron chi connectivity index (χ2n) is 9.20. The van der Waals surface area contributed by atoms with E-state index in [2.05, 4.69) is 31.2 Å². The Morgan fingerprint density at radius 1 is 0.933 bits per heavy atom. The van der Waals surface area contributed by atoms with Crippen LogP contribution in [0, 0.1) is 5.92 Å². The number of piperidine rings is 1. The first-order valence-corrected chi connectivity index (χ1v) is 11.9. The summed E-state index contributed by atoms with van der Waals surface area (Å²) >= 11 is 0. The van der Waals surface area contributed by atoms with E-state index in [4.69, 9.17) is 0 Å². The van der Waals surface area contributed by atoms with Crippen LogP contribution in [0.5, 0.6) is 0 Å². The molecule has 30 heavy (non-hydrogen) atoms. The fourth-order valence-corrected chi connectivity index (χ4v) is 5.75. The molecule has 4 aliphatic rings. The summed E-state index contributed by atoms with van der Waals surface area (Å²) in [5, 5.41) is 3.04. The van der Waals surface area contributed by atoms with Crippen LogP contribution in [0.4, 0.5) is 16.4 Å². The molecule has 3 fully saturated rings. The van der Waals surface area contributed by atoms with Gasteiger partial charge in [0.2, 0.25) is 0 Å². The van der Waals surface area contributed by atoms with Crippen molar-refractivity contribution in [2.45, 2.75) is 63.8 Å². The van der Waals surface area contributed by atoms with E-state index in [1.165, 1.54) is 50.6 Å². The Morgan fingerprint density at radius 2 is 1.73 bits per heavy atom. The van der Waals surface area contributed by atoms with E-state index >= 15 is 0 Å². The number of anilines is 2. The van der Waals surface area contributed by atoms with Gasteiger partial charge in [0, 0.05) is 50.5 Å². The van der Waals surface area contributed by atoms with Crippen LogP contribution >= 0.6 is 0 Å². The van der Waals surface area contributed by atoms with Gasteiger partial charge in [0.25, 0.3) is 0 Å². The monoisotopic (exact) mass is 410 g/mol. The van der Waals surface area contributed by atoms with Crippen LogP contribution in [0.2, 0.25) is 0 Å². The lowest BCUT2D eigenvalue weighted by atomic mass is 9.85. The van der Waals surface area contributed by atoms with Crippen LogP contribution in [0.3, 0.4) is 0 Å². The molecule has 0 aromatic carbocycles. The number of fused-ring (bicyclic) bond motifs is 1. The van der Waals surface area contributed by atoms with Crippen LogP contribution in [0.15, 0.2) is 24.2 Å². The Balaban J connectivity index is 1.21. The van der Waals surface area contributed by atoms with Crippen molar-refractivity contribution in [3.05, 3.63) is 24.2 Å². The van der Waals surface area contributed by atoms with E-state index in [0.717, 1.165) is 57.4 Å². The van der Waals surface area contributed by atoms with Gasteiger partial charge in [-0.2, -0.15) is 0 Å². The van der Waals surface area contributed by atoms with Crippen molar-refractivity contribution >= 4 is 17.7 Å².